The second kappa shape index (κ2) is 5.77. The minimum atomic E-state index is -0.470. The van der Waals surface area contributed by atoms with Gasteiger partial charge in [0.1, 0.15) is 6.04 Å². The lowest BCUT2D eigenvalue weighted by molar-refractivity contribution is -0.160. The molecule has 2 aliphatic heterocycles. The zero-order chi connectivity index (χ0) is 15.0. The molecule has 1 aromatic heterocycles. The number of nitrogens with zero attached hydrogens (tertiary/aromatic N) is 2. The number of hydrogen-bond acceptors (Lipinski definition) is 4. The summed E-state index contributed by atoms with van der Waals surface area (Å²) in [6.07, 6.45) is 1.27. The minimum absolute atomic E-state index is 0.00871. The van der Waals surface area contributed by atoms with Crippen molar-refractivity contribution in [3.8, 4) is 0 Å². The number of carbonyl (C=O) groups excluding carboxylic acids is 2. The van der Waals surface area contributed by atoms with Crippen LogP contribution in [0.3, 0.4) is 0 Å². The van der Waals surface area contributed by atoms with Gasteiger partial charge in [0, 0.05) is 24.4 Å². The molecule has 0 aromatic carbocycles. The summed E-state index contributed by atoms with van der Waals surface area (Å²) in [7, 11) is 0. The number of aryl methyl sites for hydroxylation is 1. The fourth-order valence-corrected chi connectivity index (χ4v) is 4.01. The van der Waals surface area contributed by atoms with Gasteiger partial charge in [0.2, 0.25) is 11.8 Å². The summed E-state index contributed by atoms with van der Waals surface area (Å²) in [5.74, 6) is -0.00281. The maximum Gasteiger partial charge on any atom is 0.245 e. The van der Waals surface area contributed by atoms with Crippen LogP contribution < -0.4 is 0 Å². The average molecular weight is 308 g/mol. The van der Waals surface area contributed by atoms with Crippen molar-refractivity contribution in [3.05, 3.63) is 21.9 Å². The van der Waals surface area contributed by atoms with E-state index in [0.29, 0.717) is 25.9 Å². The highest BCUT2D eigenvalue weighted by Crippen LogP contribution is 2.24. The first-order valence-electron chi connectivity index (χ1n) is 7.35. The van der Waals surface area contributed by atoms with Gasteiger partial charge < -0.3 is 14.9 Å². The fourth-order valence-electron chi connectivity index (χ4n) is 3.11. The van der Waals surface area contributed by atoms with Crippen LogP contribution in [0.15, 0.2) is 11.4 Å². The molecule has 2 saturated heterocycles. The second-order valence-electron chi connectivity index (χ2n) is 5.82. The summed E-state index contributed by atoms with van der Waals surface area (Å²) in [4.78, 5) is 29.3. The van der Waals surface area contributed by atoms with Crippen molar-refractivity contribution < 1.29 is 14.7 Å². The molecule has 0 spiro atoms. The van der Waals surface area contributed by atoms with Gasteiger partial charge in [-0.15, -0.1) is 11.3 Å². The number of thiophene rings is 1. The molecule has 0 bridgehead atoms. The Bertz CT molecular complexity index is 557. The van der Waals surface area contributed by atoms with Crippen molar-refractivity contribution >= 4 is 23.2 Å². The second-order valence-corrected chi connectivity index (χ2v) is 6.82. The molecule has 6 heteroatoms. The van der Waals surface area contributed by atoms with Crippen LogP contribution in [0.2, 0.25) is 0 Å². The van der Waals surface area contributed by atoms with Crippen molar-refractivity contribution in [1.82, 2.24) is 9.80 Å². The highest BCUT2D eigenvalue weighted by molar-refractivity contribution is 7.10. The lowest BCUT2D eigenvalue weighted by Gasteiger charge is -2.44. The van der Waals surface area contributed by atoms with Crippen LogP contribution in [0.1, 0.15) is 23.3 Å². The Balaban J connectivity index is 1.67. The first-order chi connectivity index (χ1) is 10.1. The Morgan fingerprint density at radius 2 is 2.24 bits per heavy atom. The predicted octanol–water partition coefficient (Wildman–Crippen LogP) is 0.793. The van der Waals surface area contributed by atoms with Gasteiger partial charge in [0.25, 0.3) is 0 Å². The van der Waals surface area contributed by atoms with Gasteiger partial charge in [-0.05, 0) is 36.8 Å². The Morgan fingerprint density at radius 3 is 2.95 bits per heavy atom. The first-order valence-corrected chi connectivity index (χ1v) is 8.23. The number of carbonyl (C=O) groups is 2. The quantitative estimate of drug-likeness (QED) is 0.898. The molecule has 2 fully saturated rings. The molecular formula is C15H20N2O3S. The van der Waals surface area contributed by atoms with Crippen LogP contribution in [0.4, 0.5) is 0 Å². The molecule has 3 heterocycles. The maximum atomic E-state index is 12.5. The van der Waals surface area contributed by atoms with Crippen molar-refractivity contribution in [3.63, 3.8) is 0 Å². The molecule has 114 valence electrons. The molecule has 1 aromatic rings. The summed E-state index contributed by atoms with van der Waals surface area (Å²) >= 11 is 1.69. The molecule has 2 amide bonds. The molecule has 2 atom stereocenters. The van der Waals surface area contributed by atoms with Gasteiger partial charge in [-0.25, -0.2) is 0 Å². The highest BCUT2D eigenvalue weighted by Gasteiger charge is 2.42. The van der Waals surface area contributed by atoms with Gasteiger partial charge in [-0.2, -0.15) is 0 Å². The molecule has 0 radical (unpaired) electrons. The van der Waals surface area contributed by atoms with Crippen LogP contribution in [-0.2, 0) is 16.0 Å². The minimum Gasteiger partial charge on any atom is -0.393 e. The highest BCUT2D eigenvalue weighted by atomic mass is 32.1. The average Bonchev–Trinajstić information content (AvgIpc) is 2.86. The van der Waals surface area contributed by atoms with E-state index < -0.39 is 12.1 Å². The number of fused-ring (bicyclic) bond motifs is 1. The van der Waals surface area contributed by atoms with E-state index in [1.165, 1.54) is 10.4 Å². The van der Waals surface area contributed by atoms with Gasteiger partial charge in [-0.3, -0.25) is 9.59 Å². The summed E-state index contributed by atoms with van der Waals surface area (Å²) < 4.78 is 0. The number of piperidine rings is 1. The molecular weight excluding hydrogens is 288 g/mol. The third-order valence-corrected chi connectivity index (χ3v) is 5.48. The maximum absolute atomic E-state index is 12.5. The number of amides is 2. The molecule has 0 unspecified atom stereocenters. The Labute approximate surface area is 128 Å². The third-order valence-electron chi connectivity index (χ3n) is 4.39. The lowest BCUT2D eigenvalue weighted by atomic mass is 9.96. The Morgan fingerprint density at radius 1 is 1.43 bits per heavy atom. The summed E-state index contributed by atoms with van der Waals surface area (Å²) in [5, 5.41) is 11.8. The summed E-state index contributed by atoms with van der Waals surface area (Å²) in [5.41, 5.74) is 1.24. The Kier molecular flexibility index (Phi) is 3.99. The number of hydrogen-bond donors (Lipinski definition) is 1. The number of aliphatic hydroxyl groups is 1. The van der Waals surface area contributed by atoms with Crippen LogP contribution in [0.5, 0.6) is 0 Å². The standard InChI is InChI=1S/C15H20N2O3S/c1-10-4-7-21-13(10)3-5-16-9-14(19)17-6-2-11(18)8-12(17)15(16)20/h4,7,11-12,18H,2-3,5-6,8-9H2,1H3/t11-,12+/m1/s1. The fraction of sp³-hybridized carbons (Fsp3) is 0.600. The van der Waals surface area contributed by atoms with Crippen molar-refractivity contribution in [2.45, 2.75) is 38.3 Å². The molecule has 5 nitrogen and oxygen atoms in total. The van der Waals surface area contributed by atoms with Crippen molar-refractivity contribution in [2.75, 3.05) is 19.6 Å². The van der Waals surface area contributed by atoms with Gasteiger partial charge in [0.15, 0.2) is 0 Å². The summed E-state index contributed by atoms with van der Waals surface area (Å²) in [6, 6.07) is 1.61. The van der Waals surface area contributed by atoms with Gasteiger partial charge >= 0.3 is 0 Å². The number of piperazine rings is 1. The normalized spacial score (nSPS) is 26.2. The first kappa shape index (κ1) is 14.5. The zero-order valence-electron chi connectivity index (χ0n) is 12.1. The molecule has 0 aliphatic carbocycles. The lowest BCUT2D eigenvalue weighted by Crippen LogP contribution is -2.63. The SMILES string of the molecule is Cc1ccsc1CCN1CC(=O)N2CC[C@@H](O)C[C@H]2C1=O. The summed E-state index contributed by atoms with van der Waals surface area (Å²) in [6.45, 7) is 3.31. The topological polar surface area (TPSA) is 60.9 Å². The van der Waals surface area contributed by atoms with E-state index in [4.69, 9.17) is 0 Å². The van der Waals surface area contributed by atoms with Crippen LogP contribution in [-0.4, -0.2) is 58.5 Å². The van der Waals surface area contributed by atoms with E-state index in [1.54, 1.807) is 21.1 Å². The van der Waals surface area contributed by atoms with E-state index in [2.05, 4.69) is 13.0 Å². The van der Waals surface area contributed by atoms with E-state index >= 15 is 0 Å². The van der Waals surface area contributed by atoms with Gasteiger partial charge in [-0.1, -0.05) is 0 Å². The van der Waals surface area contributed by atoms with E-state index in [0.717, 1.165) is 6.42 Å². The number of rotatable bonds is 3. The molecule has 2 aliphatic rings. The Hall–Kier alpha value is -1.40. The van der Waals surface area contributed by atoms with Crippen molar-refractivity contribution in [1.29, 1.82) is 0 Å². The number of aliphatic hydroxyl groups excluding tert-OH is 1. The molecule has 3 rings (SSSR count). The predicted molar refractivity (Wildman–Crippen MR) is 80.1 cm³/mol. The van der Waals surface area contributed by atoms with Crippen molar-refractivity contribution in [2.24, 2.45) is 0 Å². The smallest absolute Gasteiger partial charge is 0.245 e. The third kappa shape index (κ3) is 2.82. The van der Waals surface area contributed by atoms with E-state index in [-0.39, 0.29) is 18.4 Å². The monoisotopic (exact) mass is 308 g/mol. The van der Waals surface area contributed by atoms with Gasteiger partial charge in [0.05, 0.1) is 12.6 Å². The molecule has 21 heavy (non-hydrogen) atoms. The molecule has 1 N–H and O–H groups in total. The molecule has 0 saturated carbocycles. The van der Waals surface area contributed by atoms with Crippen LogP contribution in [0, 0.1) is 6.92 Å². The van der Waals surface area contributed by atoms with Crippen LogP contribution >= 0.6 is 11.3 Å². The van der Waals surface area contributed by atoms with E-state index in [9.17, 15) is 14.7 Å². The largest absolute Gasteiger partial charge is 0.393 e. The zero-order valence-corrected chi connectivity index (χ0v) is 12.9. The van der Waals surface area contributed by atoms with E-state index in [1.807, 2.05) is 5.38 Å². The van der Waals surface area contributed by atoms with Crippen LogP contribution in [0.25, 0.3) is 0 Å².